The van der Waals surface area contributed by atoms with Crippen LogP contribution in [0.1, 0.15) is 61.1 Å². The first kappa shape index (κ1) is 26.1. The fourth-order valence-electron chi connectivity index (χ4n) is 5.30. The predicted octanol–water partition coefficient (Wildman–Crippen LogP) is 3.52. The van der Waals surface area contributed by atoms with Gasteiger partial charge in [0.25, 0.3) is 5.91 Å². The zero-order valence-corrected chi connectivity index (χ0v) is 22.5. The van der Waals surface area contributed by atoms with Gasteiger partial charge in [0.15, 0.2) is 9.84 Å². The van der Waals surface area contributed by atoms with Crippen molar-refractivity contribution in [3.63, 3.8) is 0 Å². The maximum absolute atomic E-state index is 13.2. The third-order valence-corrected chi connectivity index (χ3v) is 9.03. The number of ether oxygens (including phenoxy) is 1. The molecule has 2 saturated heterocycles. The summed E-state index contributed by atoms with van der Waals surface area (Å²) < 4.78 is 32.3. The van der Waals surface area contributed by atoms with E-state index in [2.05, 4.69) is 10.3 Å². The minimum Gasteiger partial charge on any atom is -0.488 e. The van der Waals surface area contributed by atoms with Crippen molar-refractivity contribution in [2.75, 3.05) is 29.9 Å². The number of sulfone groups is 1. The van der Waals surface area contributed by atoms with Crippen LogP contribution >= 0.6 is 0 Å². The summed E-state index contributed by atoms with van der Waals surface area (Å²) in [4.78, 5) is 36.4. The first-order valence-electron chi connectivity index (χ1n) is 13.1. The summed E-state index contributed by atoms with van der Waals surface area (Å²) >= 11 is 0. The van der Waals surface area contributed by atoms with Crippen molar-refractivity contribution in [1.29, 1.82) is 0 Å². The number of imidazole rings is 1. The molecule has 1 N–H and O–H groups in total. The highest BCUT2D eigenvalue weighted by Crippen LogP contribution is 2.36. The van der Waals surface area contributed by atoms with Crippen molar-refractivity contribution >= 4 is 38.6 Å². The Balaban J connectivity index is 1.56. The number of fused-ring (bicyclic) bond motifs is 1. The number of nitrogens with one attached hydrogen (secondary N) is 1. The monoisotopic (exact) mass is 539 g/mol. The quantitative estimate of drug-likeness (QED) is 0.526. The van der Waals surface area contributed by atoms with Crippen LogP contribution in [0.2, 0.25) is 0 Å². The van der Waals surface area contributed by atoms with Crippen molar-refractivity contribution in [3.8, 4) is 5.75 Å². The van der Waals surface area contributed by atoms with E-state index in [4.69, 9.17) is 9.72 Å². The molecule has 2 aliphatic rings. The van der Waals surface area contributed by atoms with Crippen molar-refractivity contribution in [2.24, 2.45) is 0 Å². The van der Waals surface area contributed by atoms with Crippen molar-refractivity contribution < 1.29 is 22.7 Å². The Hall–Kier alpha value is -3.47. The Morgan fingerprint density at radius 2 is 1.89 bits per heavy atom. The number of hydrogen-bond donors (Lipinski definition) is 1. The molecule has 1 aromatic carbocycles. The molecule has 0 aliphatic carbocycles. The molecular weight excluding hydrogens is 506 g/mol. The number of amides is 2. The van der Waals surface area contributed by atoms with Gasteiger partial charge in [-0.15, -0.1) is 0 Å². The Morgan fingerprint density at radius 1 is 1.11 bits per heavy atom. The lowest BCUT2D eigenvalue weighted by atomic mass is 10.1. The van der Waals surface area contributed by atoms with Gasteiger partial charge in [-0.25, -0.2) is 13.4 Å². The lowest BCUT2D eigenvalue weighted by Crippen LogP contribution is -2.34. The number of aromatic nitrogens is 3. The molecule has 0 unspecified atom stereocenters. The summed E-state index contributed by atoms with van der Waals surface area (Å²) in [5.74, 6) is 0.907. The van der Waals surface area contributed by atoms with E-state index in [1.807, 2.05) is 34.6 Å². The van der Waals surface area contributed by atoms with Crippen LogP contribution < -0.4 is 10.1 Å². The SMILES string of the molecule is CC(=O)N1CCCC[C@@H](n2c(NC(=O)c3ccnc(C)c3)nc3cccc(OC4CCS(=O)(=O)CC4)c32)C1. The topological polar surface area (TPSA) is 123 Å². The van der Waals surface area contributed by atoms with Gasteiger partial charge in [-0.1, -0.05) is 6.07 Å². The average Bonchev–Trinajstić information content (AvgIpc) is 3.06. The molecular formula is C27H33N5O5S. The van der Waals surface area contributed by atoms with E-state index in [0.717, 1.165) is 30.5 Å². The van der Waals surface area contributed by atoms with Crippen LogP contribution in [0.5, 0.6) is 5.75 Å². The van der Waals surface area contributed by atoms with Crippen LogP contribution in [0.15, 0.2) is 36.5 Å². The highest BCUT2D eigenvalue weighted by Gasteiger charge is 2.30. The maximum Gasteiger partial charge on any atom is 0.258 e. The van der Waals surface area contributed by atoms with E-state index in [1.165, 1.54) is 0 Å². The van der Waals surface area contributed by atoms with Crippen LogP contribution in [-0.4, -0.2) is 70.4 Å². The normalized spacial score (nSPS) is 20.2. The number of carbonyl (C=O) groups excluding carboxylic acids is 2. The van der Waals surface area contributed by atoms with Gasteiger partial charge < -0.3 is 14.2 Å². The van der Waals surface area contributed by atoms with E-state index in [-0.39, 0.29) is 35.5 Å². The molecule has 4 heterocycles. The number of rotatable bonds is 5. The standard InChI is InChI=1S/C27H33N5O5S/c1-18-16-20(9-12-28-18)26(34)30-27-29-23-7-5-8-24(37-22-10-14-38(35,36)15-11-22)25(23)32(27)21-6-3-4-13-31(17-21)19(2)33/h5,7-9,12,16,21-22H,3-4,6,10-11,13-15,17H2,1-2H3,(H,29,30,34)/t21-/m1/s1. The third-order valence-electron chi connectivity index (χ3n) is 7.31. The minimum absolute atomic E-state index is 0.0130. The maximum atomic E-state index is 13.2. The Morgan fingerprint density at radius 3 is 2.63 bits per heavy atom. The molecule has 11 heteroatoms. The molecule has 2 amide bonds. The van der Waals surface area contributed by atoms with E-state index in [9.17, 15) is 18.0 Å². The van der Waals surface area contributed by atoms with Crippen LogP contribution in [0.4, 0.5) is 5.95 Å². The smallest absolute Gasteiger partial charge is 0.258 e. The van der Waals surface area contributed by atoms with E-state index < -0.39 is 9.84 Å². The second-order valence-electron chi connectivity index (χ2n) is 10.2. The first-order chi connectivity index (χ1) is 18.2. The van der Waals surface area contributed by atoms with Gasteiger partial charge in [0.2, 0.25) is 11.9 Å². The molecule has 202 valence electrons. The molecule has 38 heavy (non-hydrogen) atoms. The van der Waals surface area contributed by atoms with Crippen molar-refractivity contribution in [3.05, 3.63) is 47.8 Å². The second kappa shape index (κ2) is 10.7. The molecule has 0 spiro atoms. The fraction of sp³-hybridized carbons (Fsp3) is 0.481. The predicted molar refractivity (Wildman–Crippen MR) is 144 cm³/mol. The molecule has 3 aromatic rings. The minimum atomic E-state index is -3.02. The number of aryl methyl sites for hydroxylation is 1. The molecule has 2 aliphatic heterocycles. The number of para-hydroxylation sites is 1. The average molecular weight is 540 g/mol. The zero-order valence-electron chi connectivity index (χ0n) is 21.7. The number of benzene rings is 1. The molecule has 5 rings (SSSR count). The van der Waals surface area contributed by atoms with Gasteiger partial charge in [0.1, 0.15) is 17.4 Å². The van der Waals surface area contributed by atoms with Crippen molar-refractivity contribution in [2.45, 2.75) is 58.1 Å². The third kappa shape index (κ3) is 5.67. The summed E-state index contributed by atoms with van der Waals surface area (Å²) in [6.45, 7) is 4.59. The number of anilines is 1. The second-order valence-corrected chi connectivity index (χ2v) is 12.5. The number of hydrogen-bond acceptors (Lipinski definition) is 7. The Kier molecular flexibility index (Phi) is 7.38. The molecule has 0 bridgehead atoms. The highest BCUT2D eigenvalue weighted by atomic mass is 32.2. The molecule has 0 saturated carbocycles. The lowest BCUT2D eigenvalue weighted by Gasteiger charge is -2.27. The molecule has 0 radical (unpaired) electrons. The van der Waals surface area contributed by atoms with Crippen molar-refractivity contribution in [1.82, 2.24) is 19.4 Å². The zero-order chi connectivity index (χ0) is 26.9. The molecule has 1 atom stereocenters. The highest BCUT2D eigenvalue weighted by molar-refractivity contribution is 7.91. The van der Waals surface area contributed by atoms with Gasteiger partial charge in [-0.2, -0.15) is 0 Å². The van der Waals surface area contributed by atoms with Gasteiger partial charge in [0.05, 0.1) is 23.1 Å². The Labute approximate surface area is 222 Å². The van der Waals surface area contributed by atoms with Crippen LogP contribution in [0.25, 0.3) is 11.0 Å². The van der Waals surface area contributed by atoms with Crippen LogP contribution in [0, 0.1) is 6.92 Å². The Bertz CT molecular complexity index is 1450. The largest absolute Gasteiger partial charge is 0.488 e. The summed E-state index contributed by atoms with van der Waals surface area (Å²) in [6, 6.07) is 8.83. The summed E-state index contributed by atoms with van der Waals surface area (Å²) in [5.41, 5.74) is 2.60. The van der Waals surface area contributed by atoms with Crippen LogP contribution in [-0.2, 0) is 14.6 Å². The van der Waals surface area contributed by atoms with Crippen LogP contribution in [0.3, 0.4) is 0 Å². The number of likely N-dealkylation sites (tertiary alicyclic amines) is 1. The van der Waals surface area contributed by atoms with Gasteiger partial charge >= 0.3 is 0 Å². The van der Waals surface area contributed by atoms with Gasteiger partial charge in [-0.05, 0) is 63.3 Å². The first-order valence-corrected chi connectivity index (χ1v) is 14.9. The summed E-state index contributed by atoms with van der Waals surface area (Å²) in [6.07, 6.45) is 4.86. The lowest BCUT2D eigenvalue weighted by molar-refractivity contribution is -0.129. The van der Waals surface area contributed by atoms with E-state index >= 15 is 0 Å². The number of pyridine rings is 1. The summed E-state index contributed by atoms with van der Waals surface area (Å²) in [7, 11) is -3.02. The molecule has 2 aromatic heterocycles. The number of carbonyl (C=O) groups is 2. The summed E-state index contributed by atoms with van der Waals surface area (Å²) in [5, 5.41) is 2.99. The fourth-order valence-corrected chi connectivity index (χ4v) is 6.75. The number of nitrogens with zero attached hydrogens (tertiary/aromatic N) is 4. The molecule has 2 fully saturated rings. The molecule has 10 nitrogen and oxygen atoms in total. The van der Waals surface area contributed by atoms with Gasteiger partial charge in [-0.3, -0.25) is 19.9 Å². The van der Waals surface area contributed by atoms with E-state index in [1.54, 1.807) is 25.3 Å². The van der Waals surface area contributed by atoms with E-state index in [0.29, 0.717) is 48.7 Å². The van der Waals surface area contributed by atoms with Gasteiger partial charge in [0, 0.05) is 37.5 Å².